The van der Waals surface area contributed by atoms with E-state index in [1.54, 1.807) is 7.11 Å². The van der Waals surface area contributed by atoms with E-state index in [-0.39, 0.29) is 0 Å². The van der Waals surface area contributed by atoms with E-state index in [4.69, 9.17) is 10.5 Å². The summed E-state index contributed by atoms with van der Waals surface area (Å²) in [5.41, 5.74) is 7.75. The van der Waals surface area contributed by atoms with Crippen LogP contribution in [0.4, 0.5) is 11.4 Å². The van der Waals surface area contributed by atoms with E-state index < -0.39 is 0 Å². The summed E-state index contributed by atoms with van der Waals surface area (Å²) >= 11 is 2.26. The van der Waals surface area contributed by atoms with E-state index in [2.05, 4.69) is 34.0 Å². The van der Waals surface area contributed by atoms with Crippen LogP contribution in [0.5, 0.6) is 0 Å². The monoisotopic (exact) mass is 334 g/mol. The van der Waals surface area contributed by atoms with Gasteiger partial charge < -0.3 is 15.8 Å². The molecule has 0 amide bonds. The van der Waals surface area contributed by atoms with Gasteiger partial charge >= 0.3 is 0 Å². The van der Waals surface area contributed by atoms with Gasteiger partial charge in [0.05, 0.1) is 11.4 Å². The Bertz CT molecular complexity index is 318. The van der Waals surface area contributed by atoms with Gasteiger partial charge in [-0.2, -0.15) is 0 Å². The maximum atomic E-state index is 5.90. The van der Waals surface area contributed by atoms with Crippen LogP contribution in [-0.2, 0) is 4.74 Å². The molecule has 0 saturated heterocycles. The topological polar surface area (TPSA) is 47.3 Å². The summed E-state index contributed by atoms with van der Waals surface area (Å²) < 4.78 is 6.17. The number of nitrogens with two attached hydrogens (primary N) is 1. The smallest absolute Gasteiger partial charge is 0.0574 e. The molecule has 1 rings (SSSR count). The molecule has 4 heteroatoms. The Morgan fingerprint density at radius 1 is 1.31 bits per heavy atom. The zero-order chi connectivity index (χ0) is 11.8. The summed E-state index contributed by atoms with van der Waals surface area (Å²) in [4.78, 5) is 0. The minimum absolute atomic E-state index is 0.823. The minimum atomic E-state index is 0.823. The van der Waals surface area contributed by atoms with Crippen LogP contribution in [0.3, 0.4) is 0 Å². The first kappa shape index (κ1) is 13.6. The Morgan fingerprint density at radius 3 is 2.81 bits per heavy atom. The van der Waals surface area contributed by atoms with Crippen molar-refractivity contribution in [2.75, 3.05) is 31.3 Å². The minimum Gasteiger partial charge on any atom is -0.397 e. The number of halogens is 1. The van der Waals surface area contributed by atoms with Gasteiger partial charge in [-0.3, -0.25) is 0 Å². The fraction of sp³-hybridized carbons (Fsp3) is 0.500. The molecule has 0 aliphatic carbocycles. The lowest BCUT2D eigenvalue weighted by molar-refractivity contribution is 0.192. The van der Waals surface area contributed by atoms with Crippen LogP contribution in [0, 0.1) is 3.57 Å². The van der Waals surface area contributed by atoms with Crippen molar-refractivity contribution >= 4 is 34.0 Å². The van der Waals surface area contributed by atoms with Gasteiger partial charge in [0, 0.05) is 23.8 Å². The maximum absolute atomic E-state index is 5.90. The molecular weight excluding hydrogens is 315 g/mol. The van der Waals surface area contributed by atoms with Crippen molar-refractivity contribution in [3.05, 3.63) is 21.8 Å². The third kappa shape index (κ3) is 5.03. The molecule has 3 nitrogen and oxygen atoms in total. The highest BCUT2D eigenvalue weighted by Crippen LogP contribution is 2.20. The van der Waals surface area contributed by atoms with Gasteiger partial charge in [-0.25, -0.2) is 0 Å². The summed E-state index contributed by atoms with van der Waals surface area (Å²) in [6.45, 7) is 1.82. The third-order valence-electron chi connectivity index (χ3n) is 2.35. The summed E-state index contributed by atoms with van der Waals surface area (Å²) in [5.74, 6) is 0. The first-order valence-corrected chi connectivity index (χ1v) is 6.59. The molecule has 0 atom stereocenters. The summed E-state index contributed by atoms with van der Waals surface area (Å²) in [7, 11) is 1.74. The number of rotatable bonds is 7. The van der Waals surface area contributed by atoms with Crippen molar-refractivity contribution in [3.63, 3.8) is 0 Å². The van der Waals surface area contributed by atoms with Gasteiger partial charge in [0.2, 0.25) is 0 Å². The predicted octanol–water partition coefficient (Wildman–Crippen LogP) is 3.10. The van der Waals surface area contributed by atoms with E-state index >= 15 is 0 Å². The number of unbranched alkanes of at least 4 members (excludes halogenated alkanes) is 2. The molecule has 16 heavy (non-hydrogen) atoms. The first-order chi connectivity index (χ1) is 7.74. The highest BCUT2D eigenvalue weighted by molar-refractivity contribution is 14.1. The van der Waals surface area contributed by atoms with Gasteiger partial charge in [-0.05, 0) is 60.1 Å². The van der Waals surface area contributed by atoms with E-state index in [0.717, 1.165) is 37.4 Å². The quantitative estimate of drug-likeness (QED) is 0.458. The first-order valence-electron chi connectivity index (χ1n) is 5.52. The highest BCUT2D eigenvalue weighted by atomic mass is 127. The number of hydrogen-bond acceptors (Lipinski definition) is 3. The molecule has 0 unspecified atom stereocenters. The molecule has 3 N–H and O–H groups in total. The Labute approximate surface area is 111 Å². The summed E-state index contributed by atoms with van der Waals surface area (Å²) in [5, 5.41) is 3.35. The normalized spacial score (nSPS) is 10.4. The molecule has 0 aliphatic heterocycles. The largest absolute Gasteiger partial charge is 0.397 e. The van der Waals surface area contributed by atoms with Crippen LogP contribution in [0.1, 0.15) is 19.3 Å². The molecule has 1 aromatic carbocycles. The molecule has 0 heterocycles. The lowest BCUT2D eigenvalue weighted by Gasteiger charge is -2.09. The zero-order valence-corrected chi connectivity index (χ0v) is 11.8. The number of methoxy groups -OCH3 is 1. The lowest BCUT2D eigenvalue weighted by Crippen LogP contribution is -2.04. The maximum Gasteiger partial charge on any atom is 0.0574 e. The average Bonchev–Trinajstić information content (AvgIpc) is 2.26. The fourth-order valence-corrected chi connectivity index (χ4v) is 1.98. The number of hydrogen-bond donors (Lipinski definition) is 2. The zero-order valence-electron chi connectivity index (χ0n) is 9.63. The van der Waals surface area contributed by atoms with E-state index in [1.165, 1.54) is 9.99 Å². The molecule has 1 aromatic rings. The molecule has 0 fully saturated rings. The second-order valence-corrected chi connectivity index (χ2v) is 4.96. The van der Waals surface area contributed by atoms with Crippen molar-refractivity contribution in [2.24, 2.45) is 0 Å². The van der Waals surface area contributed by atoms with Gasteiger partial charge in [-0.1, -0.05) is 0 Å². The number of nitrogens with one attached hydrogen (secondary N) is 1. The molecule has 90 valence electrons. The van der Waals surface area contributed by atoms with Crippen molar-refractivity contribution in [2.45, 2.75) is 19.3 Å². The van der Waals surface area contributed by atoms with Gasteiger partial charge in [-0.15, -0.1) is 0 Å². The standard InChI is InChI=1S/C12H19IN2O/c1-16-8-4-2-3-7-15-12-6-5-10(13)9-11(12)14/h5-6,9,15H,2-4,7-8,14H2,1H3. The number of nitrogen functional groups attached to an aromatic ring is 1. The molecule has 0 aliphatic rings. The van der Waals surface area contributed by atoms with Crippen molar-refractivity contribution < 1.29 is 4.74 Å². The molecular formula is C12H19IN2O. The number of ether oxygens (including phenoxy) is 1. The SMILES string of the molecule is COCCCCCNc1ccc(I)cc1N. The van der Waals surface area contributed by atoms with Crippen LogP contribution in [0.2, 0.25) is 0 Å². The second kappa shape index (κ2) is 7.73. The van der Waals surface area contributed by atoms with E-state index in [9.17, 15) is 0 Å². The van der Waals surface area contributed by atoms with Gasteiger partial charge in [0.1, 0.15) is 0 Å². The summed E-state index contributed by atoms with van der Waals surface area (Å²) in [6, 6.07) is 6.07. The average molecular weight is 334 g/mol. The number of benzene rings is 1. The van der Waals surface area contributed by atoms with Crippen LogP contribution >= 0.6 is 22.6 Å². The molecule has 0 saturated carbocycles. The molecule has 0 aromatic heterocycles. The summed E-state index contributed by atoms with van der Waals surface area (Å²) in [6.07, 6.45) is 3.46. The van der Waals surface area contributed by atoms with E-state index in [0.29, 0.717) is 0 Å². The molecule has 0 bridgehead atoms. The molecule has 0 radical (unpaired) electrons. The Hall–Kier alpha value is -0.490. The lowest BCUT2D eigenvalue weighted by atomic mass is 10.2. The van der Waals surface area contributed by atoms with Crippen LogP contribution in [-0.4, -0.2) is 20.3 Å². The predicted molar refractivity (Wildman–Crippen MR) is 77.8 cm³/mol. The van der Waals surface area contributed by atoms with Crippen LogP contribution in [0.25, 0.3) is 0 Å². The van der Waals surface area contributed by atoms with Gasteiger partial charge in [0.25, 0.3) is 0 Å². The fourth-order valence-electron chi connectivity index (χ4n) is 1.47. The van der Waals surface area contributed by atoms with Crippen molar-refractivity contribution in [3.8, 4) is 0 Å². The van der Waals surface area contributed by atoms with Crippen molar-refractivity contribution in [1.29, 1.82) is 0 Å². The van der Waals surface area contributed by atoms with Crippen LogP contribution < -0.4 is 11.1 Å². The Morgan fingerprint density at radius 2 is 2.12 bits per heavy atom. The van der Waals surface area contributed by atoms with Gasteiger partial charge in [0.15, 0.2) is 0 Å². The Kier molecular flexibility index (Phi) is 6.56. The second-order valence-electron chi connectivity index (χ2n) is 3.71. The highest BCUT2D eigenvalue weighted by Gasteiger charge is 1.98. The Balaban J connectivity index is 2.21. The van der Waals surface area contributed by atoms with Crippen LogP contribution in [0.15, 0.2) is 18.2 Å². The van der Waals surface area contributed by atoms with Crippen molar-refractivity contribution in [1.82, 2.24) is 0 Å². The third-order valence-corrected chi connectivity index (χ3v) is 3.03. The van der Waals surface area contributed by atoms with E-state index in [1.807, 2.05) is 12.1 Å². The number of anilines is 2. The molecule has 0 spiro atoms.